The van der Waals surface area contributed by atoms with Crippen LogP contribution in [0.1, 0.15) is 18.9 Å². The van der Waals surface area contributed by atoms with Crippen molar-refractivity contribution in [1.82, 2.24) is 10.6 Å². The molecule has 0 aliphatic heterocycles. The molecule has 0 radical (unpaired) electrons. The monoisotopic (exact) mass is 340 g/mol. The second-order valence-corrected chi connectivity index (χ2v) is 4.40. The fraction of sp³-hybridized carbons (Fsp3) is 0.500. The van der Waals surface area contributed by atoms with Crippen LogP contribution in [0.15, 0.2) is 24.3 Å². The number of likely N-dealkylation sites (N-methyl/N-ethyl adjacent to an activating group) is 1. The van der Waals surface area contributed by atoms with Crippen LogP contribution in [0.25, 0.3) is 0 Å². The summed E-state index contributed by atoms with van der Waals surface area (Å²) in [6, 6.07) is 5.53. The topological polar surface area (TPSA) is 50.4 Å². The quantitative estimate of drug-likeness (QED) is 0.715. The molecular formula is C14H20ClF3N2O2. The van der Waals surface area contributed by atoms with Gasteiger partial charge in [-0.05, 0) is 30.7 Å². The van der Waals surface area contributed by atoms with Gasteiger partial charge >= 0.3 is 6.36 Å². The lowest BCUT2D eigenvalue weighted by Crippen LogP contribution is -2.31. The fourth-order valence-electron chi connectivity index (χ4n) is 1.67. The minimum absolute atomic E-state index is 0. The van der Waals surface area contributed by atoms with E-state index >= 15 is 0 Å². The smallest absolute Gasteiger partial charge is 0.406 e. The van der Waals surface area contributed by atoms with Gasteiger partial charge in [-0.3, -0.25) is 4.79 Å². The number of rotatable bonds is 8. The highest BCUT2D eigenvalue weighted by atomic mass is 35.5. The second kappa shape index (κ2) is 10.3. The highest BCUT2D eigenvalue weighted by Gasteiger charge is 2.30. The van der Waals surface area contributed by atoms with E-state index < -0.39 is 6.36 Å². The van der Waals surface area contributed by atoms with E-state index in [1.165, 1.54) is 24.3 Å². The number of halogens is 4. The molecule has 0 aromatic heterocycles. The van der Waals surface area contributed by atoms with Crippen LogP contribution in [-0.4, -0.2) is 31.9 Å². The molecule has 0 saturated heterocycles. The van der Waals surface area contributed by atoms with Crippen LogP contribution in [0.4, 0.5) is 13.2 Å². The van der Waals surface area contributed by atoms with Gasteiger partial charge in [0.1, 0.15) is 5.75 Å². The van der Waals surface area contributed by atoms with Crippen LogP contribution in [0.5, 0.6) is 5.75 Å². The molecule has 0 heterocycles. The van der Waals surface area contributed by atoms with E-state index in [0.29, 0.717) is 25.9 Å². The summed E-state index contributed by atoms with van der Waals surface area (Å²) in [5.74, 6) is -0.343. The van der Waals surface area contributed by atoms with Gasteiger partial charge in [0.2, 0.25) is 5.91 Å². The number of hydrogen-bond donors (Lipinski definition) is 2. The third-order valence-electron chi connectivity index (χ3n) is 2.67. The van der Waals surface area contributed by atoms with Crippen LogP contribution < -0.4 is 15.4 Å². The Hall–Kier alpha value is -1.47. The van der Waals surface area contributed by atoms with Crippen LogP contribution in [0, 0.1) is 0 Å². The number of benzene rings is 1. The molecule has 22 heavy (non-hydrogen) atoms. The van der Waals surface area contributed by atoms with E-state index in [1.807, 2.05) is 6.92 Å². The lowest BCUT2D eigenvalue weighted by molar-refractivity contribution is -0.274. The molecule has 0 spiro atoms. The third-order valence-corrected chi connectivity index (χ3v) is 2.67. The third kappa shape index (κ3) is 9.46. The molecule has 126 valence electrons. The van der Waals surface area contributed by atoms with Gasteiger partial charge in [0.05, 0.1) is 0 Å². The molecule has 1 rings (SSSR count). The molecule has 1 amide bonds. The maximum atomic E-state index is 12.0. The first-order valence-electron chi connectivity index (χ1n) is 6.73. The molecule has 0 unspecified atom stereocenters. The average Bonchev–Trinajstić information content (AvgIpc) is 2.41. The first-order valence-corrected chi connectivity index (χ1v) is 6.73. The maximum absolute atomic E-state index is 12.0. The van der Waals surface area contributed by atoms with Gasteiger partial charge in [-0.25, -0.2) is 0 Å². The molecule has 0 aliphatic carbocycles. The summed E-state index contributed by atoms with van der Waals surface area (Å²) in [5.41, 5.74) is 0.784. The Labute approximate surface area is 133 Å². The van der Waals surface area contributed by atoms with E-state index in [4.69, 9.17) is 0 Å². The largest absolute Gasteiger partial charge is 0.573 e. The summed E-state index contributed by atoms with van der Waals surface area (Å²) in [6.45, 7) is 4.10. The molecule has 0 saturated carbocycles. The van der Waals surface area contributed by atoms with Gasteiger partial charge in [-0.15, -0.1) is 25.6 Å². The normalized spacial score (nSPS) is 10.7. The summed E-state index contributed by atoms with van der Waals surface area (Å²) >= 11 is 0. The second-order valence-electron chi connectivity index (χ2n) is 4.40. The Bertz CT molecular complexity index is 439. The van der Waals surface area contributed by atoms with Gasteiger partial charge < -0.3 is 15.4 Å². The Kier molecular flexibility index (Phi) is 9.60. The van der Waals surface area contributed by atoms with Crippen molar-refractivity contribution in [2.24, 2.45) is 0 Å². The molecule has 1 aromatic rings. The first-order chi connectivity index (χ1) is 9.90. The number of carbonyl (C=O) groups excluding carboxylic acids is 1. The number of ether oxygens (including phenoxy) is 1. The molecule has 4 nitrogen and oxygen atoms in total. The summed E-state index contributed by atoms with van der Waals surface area (Å²) in [7, 11) is 0. The van der Waals surface area contributed by atoms with E-state index in [1.54, 1.807) is 0 Å². The van der Waals surface area contributed by atoms with Crippen molar-refractivity contribution in [3.63, 3.8) is 0 Å². The van der Waals surface area contributed by atoms with Gasteiger partial charge in [-0.1, -0.05) is 19.1 Å². The van der Waals surface area contributed by atoms with Gasteiger partial charge in [0.25, 0.3) is 0 Å². The molecule has 1 aromatic carbocycles. The van der Waals surface area contributed by atoms with Crippen molar-refractivity contribution in [2.75, 3.05) is 19.6 Å². The van der Waals surface area contributed by atoms with E-state index in [-0.39, 0.29) is 24.1 Å². The maximum Gasteiger partial charge on any atom is 0.573 e. The average molecular weight is 341 g/mol. The lowest BCUT2D eigenvalue weighted by atomic mass is 10.1. The van der Waals surface area contributed by atoms with Crippen molar-refractivity contribution in [3.8, 4) is 5.75 Å². The summed E-state index contributed by atoms with van der Waals surface area (Å²) < 4.78 is 39.7. The van der Waals surface area contributed by atoms with Crippen molar-refractivity contribution in [2.45, 2.75) is 26.1 Å². The number of carbonyl (C=O) groups is 1. The SMILES string of the molecule is CCNCCNC(=O)CCc1ccc(OC(F)(F)F)cc1.Cl. The zero-order valence-corrected chi connectivity index (χ0v) is 13.0. The molecule has 0 bridgehead atoms. The fourth-order valence-corrected chi connectivity index (χ4v) is 1.67. The molecule has 0 atom stereocenters. The number of nitrogens with one attached hydrogen (secondary N) is 2. The van der Waals surface area contributed by atoms with Crippen LogP contribution in [0.3, 0.4) is 0 Å². The van der Waals surface area contributed by atoms with E-state index in [0.717, 1.165) is 12.1 Å². The highest BCUT2D eigenvalue weighted by molar-refractivity contribution is 5.85. The minimum atomic E-state index is -4.69. The minimum Gasteiger partial charge on any atom is -0.406 e. The number of amides is 1. The molecule has 2 N–H and O–H groups in total. The standard InChI is InChI=1S/C14H19F3N2O2.ClH/c1-2-18-9-10-19-13(20)8-5-11-3-6-12(7-4-11)21-14(15,16)17;/h3-4,6-7,18H,2,5,8-10H2,1H3,(H,19,20);1H. The summed E-state index contributed by atoms with van der Waals surface area (Å²) in [6.07, 6.45) is -3.92. The Balaban J connectivity index is 0.00000441. The number of alkyl halides is 3. The van der Waals surface area contributed by atoms with E-state index in [9.17, 15) is 18.0 Å². The van der Waals surface area contributed by atoms with E-state index in [2.05, 4.69) is 15.4 Å². The van der Waals surface area contributed by atoms with Gasteiger partial charge in [0.15, 0.2) is 0 Å². The molecule has 8 heteroatoms. The lowest BCUT2D eigenvalue weighted by Gasteiger charge is -2.09. The zero-order valence-electron chi connectivity index (χ0n) is 12.2. The predicted octanol–water partition coefficient (Wildman–Crippen LogP) is 2.67. The van der Waals surface area contributed by atoms with Gasteiger partial charge in [0, 0.05) is 19.5 Å². The number of aryl methyl sites for hydroxylation is 1. The van der Waals surface area contributed by atoms with Crippen LogP contribution in [0.2, 0.25) is 0 Å². The molecule has 0 fully saturated rings. The number of hydrogen-bond acceptors (Lipinski definition) is 3. The molecule has 0 aliphatic rings. The van der Waals surface area contributed by atoms with Gasteiger partial charge in [-0.2, -0.15) is 0 Å². The predicted molar refractivity (Wildman–Crippen MR) is 80.2 cm³/mol. The summed E-state index contributed by atoms with van der Waals surface area (Å²) in [4.78, 5) is 11.5. The Morgan fingerprint density at radius 1 is 1.18 bits per heavy atom. The molecular weight excluding hydrogens is 321 g/mol. The van der Waals surface area contributed by atoms with Crippen molar-refractivity contribution in [1.29, 1.82) is 0 Å². The Morgan fingerprint density at radius 3 is 2.36 bits per heavy atom. The highest BCUT2D eigenvalue weighted by Crippen LogP contribution is 2.22. The van der Waals surface area contributed by atoms with Crippen molar-refractivity contribution in [3.05, 3.63) is 29.8 Å². The zero-order chi connectivity index (χ0) is 15.7. The first kappa shape index (κ1) is 20.5. The van der Waals surface area contributed by atoms with Crippen molar-refractivity contribution < 1.29 is 22.7 Å². The van der Waals surface area contributed by atoms with Crippen LogP contribution in [-0.2, 0) is 11.2 Å². The summed E-state index contributed by atoms with van der Waals surface area (Å²) in [5, 5.41) is 5.84. The van der Waals surface area contributed by atoms with Crippen molar-refractivity contribution >= 4 is 18.3 Å². The van der Waals surface area contributed by atoms with Crippen LogP contribution >= 0.6 is 12.4 Å². The Morgan fingerprint density at radius 2 is 1.82 bits per heavy atom.